The molecule has 82 valence electrons. The first-order valence-electron chi connectivity index (χ1n) is 4.96. The predicted octanol–water partition coefficient (Wildman–Crippen LogP) is 3.35. The quantitative estimate of drug-likeness (QED) is 0.823. The molecule has 0 radical (unpaired) electrons. The van der Waals surface area contributed by atoms with E-state index in [1.807, 2.05) is 0 Å². The van der Waals surface area contributed by atoms with E-state index < -0.39 is 6.43 Å². The SMILES string of the molecule is FC(F)c1ccc(Cl)cc1C1CCNC1. The van der Waals surface area contributed by atoms with Gasteiger partial charge >= 0.3 is 0 Å². The zero-order valence-corrected chi connectivity index (χ0v) is 8.90. The lowest BCUT2D eigenvalue weighted by molar-refractivity contribution is 0.150. The van der Waals surface area contributed by atoms with Crippen LogP contribution in [0.3, 0.4) is 0 Å². The Morgan fingerprint density at radius 1 is 1.40 bits per heavy atom. The summed E-state index contributed by atoms with van der Waals surface area (Å²) in [6.07, 6.45) is -1.52. The number of benzene rings is 1. The molecule has 1 aromatic rings. The molecule has 0 spiro atoms. The van der Waals surface area contributed by atoms with E-state index in [2.05, 4.69) is 5.32 Å². The molecule has 1 fully saturated rings. The molecule has 1 unspecified atom stereocenters. The predicted molar refractivity (Wildman–Crippen MR) is 56.6 cm³/mol. The van der Waals surface area contributed by atoms with Crippen molar-refractivity contribution >= 4 is 11.6 Å². The molecule has 1 aliphatic heterocycles. The molecule has 1 aromatic carbocycles. The molecule has 15 heavy (non-hydrogen) atoms. The fourth-order valence-corrected chi connectivity index (χ4v) is 2.20. The van der Waals surface area contributed by atoms with Gasteiger partial charge in [0.15, 0.2) is 0 Å². The van der Waals surface area contributed by atoms with Crippen LogP contribution in [0.5, 0.6) is 0 Å². The topological polar surface area (TPSA) is 12.0 Å². The Hall–Kier alpha value is -0.670. The van der Waals surface area contributed by atoms with Crippen LogP contribution in [0.4, 0.5) is 8.78 Å². The number of alkyl halides is 2. The maximum atomic E-state index is 12.7. The Morgan fingerprint density at radius 3 is 2.80 bits per heavy atom. The average Bonchev–Trinajstić information content (AvgIpc) is 2.69. The van der Waals surface area contributed by atoms with Crippen LogP contribution >= 0.6 is 11.6 Å². The van der Waals surface area contributed by atoms with Gasteiger partial charge in [0.25, 0.3) is 6.43 Å². The molecule has 1 saturated heterocycles. The molecule has 0 bridgehead atoms. The highest BCUT2D eigenvalue weighted by Crippen LogP contribution is 2.33. The monoisotopic (exact) mass is 231 g/mol. The molecule has 1 heterocycles. The Balaban J connectivity index is 2.37. The van der Waals surface area contributed by atoms with Crippen LogP contribution in [0.1, 0.15) is 29.9 Å². The molecule has 4 heteroatoms. The van der Waals surface area contributed by atoms with Crippen LogP contribution in [0.15, 0.2) is 18.2 Å². The third-order valence-electron chi connectivity index (χ3n) is 2.78. The molecular formula is C11H12ClF2N. The Labute approximate surface area is 92.4 Å². The van der Waals surface area contributed by atoms with Crippen molar-refractivity contribution in [2.24, 2.45) is 0 Å². The van der Waals surface area contributed by atoms with E-state index in [4.69, 9.17) is 11.6 Å². The second-order valence-corrected chi connectivity index (χ2v) is 4.20. The minimum absolute atomic E-state index is 0.119. The van der Waals surface area contributed by atoms with Crippen LogP contribution in [0.25, 0.3) is 0 Å². The van der Waals surface area contributed by atoms with Crippen LogP contribution < -0.4 is 5.32 Å². The Morgan fingerprint density at radius 2 is 2.20 bits per heavy atom. The highest BCUT2D eigenvalue weighted by Gasteiger charge is 2.23. The van der Waals surface area contributed by atoms with E-state index in [0.717, 1.165) is 19.5 Å². The summed E-state index contributed by atoms with van der Waals surface area (Å²) in [6, 6.07) is 4.62. The second kappa shape index (κ2) is 4.45. The molecule has 0 aromatic heterocycles. The minimum Gasteiger partial charge on any atom is -0.316 e. The van der Waals surface area contributed by atoms with Gasteiger partial charge in [-0.3, -0.25) is 0 Å². The summed E-state index contributed by atoms with van der Waals surface area (Å²) < 4.78 is 25.5. The smallest absolute Gasteiger partial charge is 0.264 e. The molecule has 2 rings (SSSR count). The van der Waals surface area contributed by atoms with E-state index in [1.165, 1.54) is 12.1 Å². The van der Waals surface area contributed by atoms with Gasteiger partial charge in [0.2, 0.25) is 0 Å². The number of hydrogen-bond donors (Lipinski definition) is 1. The van der Waals surface area contributed by atoms with Crippen LogP contribution in [0, 0.1) is 0 Å². The van der Waals surface area contributed by atoms with Crippen molar-refractivity contribution < 1.29 is 8.78 Å². The number of nitrogens with one attached hydrogen (secondary N) is 1. The highest BCUT2D eigenvalue weighted by atomic mass is 35.5. The summed E-state index contributed by atoms with van der Waals surface area (Å²) in [4.78, 5) is 0. The molecule has 0 aliphatic carbocycles. The maximum absolute atomic E-state index is 12.7. The van der Waals surface area contributed by atoms with Gasteiger partial charge in [-0.15, -0.1) is 0 Å². The van der Waals surface area contributed by atoms with Crippen molar-refractivity contribution in [2.45, 2.75) is 18.8 Å². The van der Waals surface area contributed by atoms with Gasteiger partial charge in [0.05, 0.1) is 0 Å². The van der Waals surface area contributed by atoms with Crippen molar-refractivity contribution in [3.8, 4) is 0 Å². The average molecular weight is 232 g/mol. The second-order valence-electron chi connectivity index (χ2n) is 3.76. The molecule has 1 aliphatic rings. The van der Waals surface area contributed by atoms with Crippen LogP contribution in [0.2, 0.25) is 5.02 Å². The summed E-state index contributed by atoms with van der Waals surface area (Å²) in [6.45, 7) is 1.65. The van der Waals surface area contributed by atoms with Crippen LogP contribution in [-0.2, 0) is 0 Å². The standard InChI is InChI=1S/C11H12ClF2N/c12-8-1-2-9(11(13)14)10(5-8)7-3-4-15-6-7/h1-2,5,7,11,15H,3-4,6H2. The first kappa shape index (κ1) is 10.8. The molecule has 0 saturated carbocycles. The van der Waals surface area contributed by atoms with Crippen molar-refractivity contribution in [3.05, 3.63) is 34.3 Å². The maximum Gasteiger partial charge on any atom is 0.264 e. The largest absolute Gasteiger partial charge is 0.316 e. The summed E-state index contributed by atoms with van der Waals surface area (Å²) >= 11 is 5.83. The lowest BCUT2D eigenvalue weighted by Crippen LogP contribution is -2.09. The number of rotatable bonds is 2. The van der Waals surface area contributed by atoms with E-state index in [-0.39, 0.29) is 11.5 Å². The van der Waals surface area contributed by atoms with Crippen molar-refractivity contribution in [3.63, 3.8) is 0 Å². The van der Waals surface area contributed by atoms with E-state index >= 15 is 0 Å². The van der Waals surface area contributed by atoms with Gasteiger partial charge in [-0.05, 0) is 36.6 Å². The summed E-state index contributed by atoms with van der Waals surface area (Å²) in [5, 5.41) is 3.70. The molecular weight excluding hydrogens is 220 g/mol. The zero-order valence-electron chi connectivity index (χ0n) is 8.14. The third kappa shape index (κ3) is 2.29. The Bertz CT molecular complexity index is 348. The fourth-order valence-electron chi connectivity index (χ4n) is 2.02. The first-order chi connectivity index (χ1) is 7.18. The van der Waals surface area contributed by atoms with Crippen molar-refractivity contribution in [1.29, 1.82) is 0 Å². The highest BCUT2D eigenvalue weighted by molar-refractivity contribution is 6.30. The van der Waals surface area contributed by atoms with Crippen LogP contribution in [-0.4, -0.2) is 13.1 Å². The van der Waals surface area contributed by atoms with E-state index in [0.29, 0.717) is 10.6 Å². The number of halogens is 3. The minimum atomic E-state index is -2.42. The third-order valence-corrected chi connectivity index (χ3v) is 3.02. The zero-order chi connectivity index (χ0) is 10.8. The Kier molecular flexibility index (Phi) is 3.22. The van der Waals surface area contributed by atoms with Crippen molar-refractivity contribution in [2.75, 3.05) is 13.1 Å². The summed E-state index contributed by atoms with van der Waals surface area (Å²) in [5.41, 5.74) is 0.815. The molecule has 1 nitrogen and oxygen atoms in total. The molecule has 1 N–H and O–H groups in total. The normalized spacial score (nSPS) is 21.2. The van der Waals surface area contributed by atoms with Gasteiger partial charge in [0.1, 0.15) is 0 Å². The van der Waals surface area contributed by atoms with Gasteiger partial charge in [-0.2, -0.15) is 0 Å². The van der Waals surface area contributed by atoms with Gasteiger partial charge in [-0.25, -0.2) is 8.78 Å². The lowest BCUT2D eigenvalue weighted by atomic mass is 9.94. The van der Waals surface area contributed by atoms with E-state index in [9.17, 15) is 8.78 Å². The molecule has 1 atom stereocenters. The van der Waals surface area contributed by atoms with Gasteiger partial charge in [-0.1, -0.05) is 17.7 Å². The van der Waals surface area contributed by atoms with Crippen molar-refractivity contribution in [1.82, 2.24) is 5.32 Å². The lowest BCUT2D eigenvalue weighted by Gasteiger charge is -2.14. The first-order valence-corrected chi connectivity index (χ1v) is 5.34. The fraction of sp³-hybridized carbons (Fsp3) is 0.455. The summed E-state index contributed by atoms with van der Waals surface area (Å²) in [5.74, 6) is 0.174. The number of hydrogen-bond acceptors (Lipinski definition) is 1. The van der Waals surface area contributed by atoms with Gasteiger partial charge < -0.3 is 5.32 Å². The van der Waals surface area contributed by atoms with E-state index in [1.54, 1.807) is 6.07 Å². The molecule has 0 amide bonds. The van der Waals surface area contributed by atoms with Gasteiger partial charge in [0, 0.05) is 17.1 Å². The summed E-state index contributed by atoms with van der Waals surface area (Å²) in [7, 11) is 0.